The minimum Gasteiger partial charge on any atom is -0.744 e. The molecule has 0 amide bonds. The summed E-state index contributed by atoms with van der Waals surface area (Å²) < 4.78 is 31.8. The predicted molar refractivity (Wildman–Crippen MR) is 53.0 cm³/mol. The summed E-state index contributed by atoms with van der Waals surface area (Å²) in [5, 5.41) is 0. The van der Waals surface area contributed by atoms with E-state index in [-0.39, 0.29) is 34.5 Å². The number of hydrogen-bond acceptors (Lipinski definition) is 3. The van der Waals surface area contributed by atoms with Gasteiger partial charge in [-0.15, -0.1) is 0 Å². The maximum atomic E-state index is 10.6. The fourth-order valence-electron chi connectivity index (χ4n) is 1.20. The number of benzene rings is 1. The smallest absolute Gasteiger partial charge is 0.744 e. The molecular weight excluding hydrogens is 223 g/mol. The van der Waals surface area contributed by atoms with Crippen LogP contribution in [0.15, 0.2) is 29.2 Å². The Hall–Kier alpha value is 0.130. The van der Waals surface area contributed by atoms with Crippen LogP contribution in [0, 0.1) is 0 Å². The molecule has 0 bridgehead atoms. The Kier molecular flexibility index (Phi) is 6.71. The molecule has 3 nitrogen and oxygen atoms in total. The first-order chi connectivity index (χ1) is 6.54. The van der Waals surface area contributed by atoms with E-state index in [0.29, 0.717) is 0 Å². The second-order valence-electron chi connectivity index (χ2n) is 3.20. The number of aryl methyl sites for hydroxylation is 1. The molecule has 0 radical (unpaired) electrons. The van der Waals surface area contributed by atoms with Crippen molar-refractivity contribution in [2.24, 2.45) is 0 Å². The van der Waals surface area contributed by atoms with Crippen molar-refractivity contribution in [2.45, 2.75) is 31.1 Å². The molecule has 0 fully saturated rings. The summed E-state index contributed by atoms with van der Waals surface area (Å²) in [4.78, 5) is -0.155. The summed E-state index contributed by atoms with van der Waals surface area (Å²) in [6, 6.07) is 6.13. The van der Waals surface area contributed by atoms with Crippen LogP contribution in [-0.2, 0) is 16.5 Å². The van der Waals surface area contributed by atoms with E-state index in [0.717, 1.165) is 24.8 Å². The minimum atomic E-state index is -4.29. The third-order valence-electron chi connectivity index (χ3n) is 2.03. The van der Waals surface area contributed by atoms with Gasteiger partial charge in [0.2, 0.25) is 0 Å². The number of hydrogen-bond donors (Lipinski definition) is 0. The van der Waals surface area contributed by atoms with Gasteiger partial charge >= 0.3 is 29.6 Å². The Labute approximate surface area is 113 Å². The molecule has 0 aliphatic carbocycles. The Morgan fingerprint density at radius 1 is 1.20 bits per heavy atom. The quantitative estimate of drug-likeness (QED) is 0.494. The van der Waals surface area contributed by atoms with Crippen molar-refractivity contribution >= 4 is 10.1 Å². The van der Waals surface area contributed by atoms with Crippen LogP contribution in [0.25, 0.3) is 0 Å². The Balaban J connectivity index is 0.00000196. The van der Waals surface area contributed by atoms with E-state index in [1.165, 1.54) is 12.1 Å². The van der Waals surface area contributed by atoms with Gasteiger partial charge in [0.1, 0.15) is 10.1 Å². The average molecular weight is 236 g/mol. The summed E-state index contributed by atoms with van der Waals surface area (Å²) in [7, 11) is -4.29. The molecule has 1 aromatic rings. The third kappa shape index (κ3) is 5.13. The average Bonchev–Trinajstić information content (AvgIpc) is 2.14. The zero-order valence-electron chi connectivity index (χ0n) is 9.06. The van der Waals surface area contributed by atoms with Crippen LogP contribution < -0.4 is 29.6 Å². The van der Waals surface area contributed by atoms with Crippen LogP contribution in [0.2, 0.25) is 0 Å². The van der Waals surface area contributed by atoms with Crippen molar-refractivity contribution in [1.29, 1.82) is 0 Å². The first kappa shape index (κ1) is 15.1. The van der Waals surface area contributed by atoms with Crippen molar-refractivity contribution in [1.82, 2.24) is 0 Å². The van der Waals surface area contributed by atoms with Gasteiger partial charge in [0.05, 0.1) is 4.90 Å². The van der Waals surface area contributed by atoms with E-state index in [1.54, 1.807) is 12.1 Å². The fourth-order valence-corrected chi connectivity index (χ4v) is 1.67. The van der Waals surface area contributed by atoms with Crippen molar-refractivity contribution in [3.63, 3.8) is 0 Å². The van der Waals surface area contributed by atoms with E-state index in [4.69, 9.17) is 0 Å². The topological polar surface area (TPSA) is 57.2 Å². The molecule has 0 aliphatic rings. The molecule has 5 heteroatoms. The van der Waals surface area contributed by atoms with Crippen LogP contribution in [0.4, 0.5) is 0 Å². The van der Waals surface area contributed by atoms with Crippen molar-refractivity contribution in [3.05, 3.63) is 29.8 Å². The van der Waals surface area contributed by atoms with Crippen LogP contribution in [-0.4, -0.2) is 13.0 Å². The standard InChI is InChI=1S/C10H14O3S.Na/c1-2-3-4-9-5-7-10(8-6-9)14(11,12)13;/h5-8H,2-4H2,1H3,(H,11,12,13);/q;+1/p-1. The molecule has 0 aliphatic heterocycles. The molecule has 78 valence electrons. The zero-order chi connectivity index (χ0) is 10.6. The molecule has 0 unspecified atom stereocenters. The maximum absolute atomic E-state index is 10.6. The normalized spacial score (nSPS) is 10.8. The molecule has 0 atom stereocenters. The van der Waals surface area contributed by atoms with Gasteiger partial charge in [0.25, 0.3) is 0 Å². The summed E-state index contributed by atoms with van der Waals surface area (Å²) in [5.41, 5.74) is 1.07. The van der Waals surface area contributed by atoms with Crippen molar-refractivity contribution in [3.8, 4) is 0 Å². The van der Waals surface area contributed by atoms with Crippen molar-refractivity contribution in [2.75, 3.05) is 0 Å². The molecule has 1 aromatic carbocycles. The van der Waals surface area contributed by atoms with Gasteiger partial charge < -0.3 is 4.55 Å². The minimum absolute atomic E-state index is 0. The first-order valence-electron chi connectivity index (χ1n) is 4.59. The number of rotatable bonds is 4. The molecule has 15 heavy (non-hydrogen) atoms. The van der Waals surface area contributed by atoms with Gasteiger partial charge in [-0.1, -0.05) is 25.5 Å². The van der Waals surface area contributed by atoms with E-state index < -0.39 is 10.1 Å². The molecule has 0 N–H and O–H groups in total. The van der Waals surface area contributed by atoms with Crippen LogP contribution in [0.1, 0.15) is 25.3 Å². The summed E-state index contributed by atoms with van der Waals surface area (Å²) >= 11 is 0. The van der Waals surface area contributed by atoms with Crippen LogP contribution in [0.3, 0.4) is 0 Å². The third-order valence-corrected chi connectivity index (χ3v) is 2.88. The van der Waals surface area contributed by atoms with Gasteiger partial charge in [0.15, 0.2) is 0 Å². The van der Waals surface area contributed by atoms with E-state index in [1.807, 2.05) is 0 Å². The molecule has 0 aromatic heterocycles. The molecule has 0 saturated heterocycles. The maximum Gasteiger partial charge on any atom is 1.00 e. The summed E-state index contributed by atoms with van der Waals surface area (Å²) in [6.07, 6.45) is 3.10. The van der Waals surface area contributed by atoms with Gasteiger partial charge in [0, 0.05) is 0 Å². The van der Waals surface area contributed by atoms with Gasteiger partial charge in [-0.3, -0.25) is 0 Å². The second kappa shape index (κ2) is 6.66. The molecule has 0 saturated carbocycles. The molecule has 0 spiro atoms. The van der Waals surface area contributed by atoms with Gasteiger partial charge in [-0.25, -0.2) is 8.42 Å². The SMILES string of the molecule is CCCCc1ccc(S(=O)(=O)[O-])cc1.[Na+]. The van der Waals surface area contributed by atoms with Gasteiger partial charge in [-0.05, 0) is 30.5 Å². The van der Waals surface area contributed by atoms with Crippen LogP contribution >= 0.6 is 0 Å². The number of unbranched alkanes of at least 4 members (excludes halogenated alkanes) is 1. The Morgan fingerprint density at radius 3 is 2.13 bits per heavy atom. The second-order valence-corrected chi connectivity index (χ2v) is 4.58. The van der Waals surface area contributed by atoms with Crippen molar-refractivity contribution < 1.29 is 42.5 Å². The Morgan fingerprint density at radius 2 is 1.73 bits per heavy atom. The summed E-state index contributed by atoms with van der Waals surface area (Å²) in [6.45, 7) is 2.09. The van der Waals surface area contributed by atoms with Gasteiger partial charge in [-0.2, -0.15) is 0 Å². The molecular formula is C10H13NaO3S. The summed E-state index contributed by atoms with van der Waals surface area (Å²) in [5.74, 6) is 0. The largest absolute Gasteiger partial charge is 1.00 e. The fraction of sp³-hybridized carbons (Fsp3) is 0.400. The molecule has 1 rings (SSSR count). The van der Waals surface area contributed by atoms with E-state index >= 15 is 0 Å². The molecule has 0 heterocycles. The van der Waals surface area contributed by atoms with E-state index in [9.17, 15) is 13.0 Å². The Bertz CT molecular complexity index is 384. The first-order valence-corrected chi connectivity index (χ1v) is 5.99. The predicted octanol–water partition coefficient (Wildman–Crippen LogP) is -1.06. The monoisotopic (exact) mass is 236 g/mol. The zero-order valence-corrected chi connectivity index (χ0v) is 11.9. The van der Waals surface area contributed by atoms with Crippen LogP contribution in [0.5, 0.6) is 0 Å². The van der Waals surface area contributed by atoms with E-state index in [2.05, 4.69) is 6.92 Å².